The molecule has 0 aliphatic heterocycles. The number of hydrogen-bond acceptors (Lipinski definition) is 3. The average molecular weight is 456 g/mol. The molecular formula is C28H45NO2Si. The van der Waals surface area contributed by atoms with E-state index in [9.17, 15) is 5.11 Å². The van der Waals surface area contributed by atoms with Crippen molar-refractivity contribution >= 4 is 9.04 Å². The summed E-state index contributed by atoms with van der Waals surface area (Å²) in [6, 6.07) is 17.7. The van der Waals surface area contributed by atoms with Crippen LogP contribution in [0.25, 0.3) is 0 Å². The third-order valence-electron chi connectivity index (χ3n) is 6.27. The van der Waals surface area contributed by atoms with Gasteiger partial charge in [0.1, 0.15) is 5.75 Å². The molecule has 0 fully saturated rings. The van der Waals surface area contributed by atoms with Gasteiger partial charge in [0, 0.05) is 23.6 Å². The summed E-state index contributed by atoms with van der Waals surface area (Å²) < 4.78 is 6.54. The van der Waals surface area contributed by atoms with E-state index in [-0.39, 0.29) is 12.0 Å². The SMILES string of the molecule is CCCCC(O[SiH](C)C)c1cccc(O)c1C(CCN(C(C)C)C(C)C)c1ccccc1. The summed E-state index contributed by atoms with van der Waals surface area (Å²) in [5.41, 5.74) is 3.50. The molecule has 2 rings (SSSR count). The summed E-state index contributed by atoms with van der Waals surface area (Å²) in [4.78, 5) is 2.54. The van der Waals surface area contributed by atoms with Gasteiger partial charge in [-0.15, -0.1) is 0 Å². The molecular weight excluding hydrogens is 410 g/mol. The molecule has 0 saturated carbocycles. The maximum atomic E-state index is 11.2. The first kappa shape index (κ1) is 26.6. The van der Waals surface area contributed by atoms with Gasteiger partial charge < -0.3 is 9.53 Å². The highest BCUT2D eigenvalue weighted by Gasteiger charge is 2.27. The molecule has 32 heavy (non-hydrogen) atoms. The Hall–Kier alpha value is -1.62. The number of nitrogens with zero attached hydrogens (tertiary/aromatic N) is 1. The van der Waals surface area contributed by atoms with Crippen LogP contribution >= 0.6 is 0 Å². The number of rotatable bonds is 13. The number of phenols is 1. The summed E-state index contributed by atoms with van der Waals surface area (Å²) in [6.45, 7) is 16.8. The molecule has 0 heterocycles. The Balaban J connectivity index is 2.53. The van der Waals surface area contributed by atoms with Crippen molar-refractivity contribution < 1.29 is 9.53 Å². The number of aromatic hydroxyl groups is 1. The van der Waals surface area contributed by atoms with E-state index in [1.54, 1.807) is 0 Å². The molecule has 0 amide bonds. The zero-order chi connectivity index (χ0) is 23.7. The van der Waals surface area contributed by atoms with Crippen LogP contribution in [-0.4, -0.2) is 37.7 Å². The van der Waals surface area contributed by atoms with E-state index in [0.717, 1.165) is 37.8 Å². The van der Waals surface area contributed by atoms with E-state index in [1.165, 1.54) is 11.1 Å². The molecule has 4 heteroatoms. The number of phenolic OH excluding ortho intramolecular Hbond substituents is 1. The summed E-state index contributed by atoms with van der Waals surface area (Å²) in [5.74, 6) is 0.529. The average Bonchev–Trinajstić information content (AvgIpc) is 2.74. The lowest BCUT2D eigenvalue weighted by molar-refractivity contribution is 0.169. The van der Waals surface area contributed by atoms with Gasteiger partial charge in [-0.2, -0.15) is 0 Å². The minimum absolute atomic E-state index is 0.0567. The molecule has 2 aromatic carbocycles. The standard InChI is InChI=1S/C28H45NO2Si/c1-8-9-18-27(31-32(6)7)25-16-13-17-26(30)28(25)24(23-14-11-10-12-15-23)19-20-29(21(2)3)22(4)5/h10-17,21-22,24,27,30,32H,8-9,18-20H2,1-7H3. The van der Waals surface area contributed by atoms with Crippen LogP contribution in [0.1, 0.15) is 89.0 Å². The molecule has 1 N–H and O–H groups in total. The van der Waals surface area contributed by atoms with Crippen molar-refractivity contribution in [1.82, 2.24) is 4.90 Å². The fourth-order valence-electron chi connectivity index (χ4n) is 4.80. The molecule has 0 aliphatic carbocycles. The Bertz CT molecular complexity index is 783. The van der Waals surface area contributed by atoms with E-state index in [2.05, 4.69) is 89.0 Å². The Morgan fingerprint density at radius 3 is 2.12 bits per heavy atom. The van der Waals surface area contributed by atoms with Crippen molar-refractivity contribution in [1.29, 1.82) is 0 Å². The van der Waals surface area contributed by atoms with Gasteiger partial charge in [-0.25, -0.2) is 0 Å². The van der Waals surface area contributed by atoms with Crippen molar-refractivity contribution in [2.75, 3.05) is 6.54 Å². The lowest BCUT2D eigenvalue weighted by Gasteiger charge is -2.33. The monoisotopic (exact) mass is 455 g/mol. The Morgan fingerprint density at radius 1 is 0.906 bits per heavy atom. The number of unbranched alkanes of at least 4 members (excludes halogenated alkanes) is 1. The Labute approximate surface area is 198 Å². The normalized spacial score (nSPS) is 14.0. The van der Waals surface area contributed by atoms with Gasteiger partial charge in [-0.3, -0.25) is 4.90 Å². The molecule has 0 aliphatic rings. The van der Waals surface area contributed by atoms with E-state index in [1.807, 2.05) is 12.1 Å². The van der Waals surface area contributed by atoms with Crippen LogP contribution in [-0.2, 0) is 4.43 Å². The fraction of sp³-hybridized carbons (Fsp3) is 0.571. The van der Waals surface area contributed by atoms with Crippen LogP contribution in [0.4, 0.5) is 0 Å². The van der Waals surface area contributed by atoms with Gasteiger partial charge in [0.2, 0.25) is 0 Å². The van der Waals surface area contributed by atoms with Crippen molar-refractivity contribution in [2.45, 2.75) is 97.5 Å². The van der Waals surface area contributed by atoms with Gasteiger partial charge in [0.25, 0.3) is 0 Å². The summed E-state index contributed by atoms with van der Waals surface area (Å²) in [5, 5.41) is 11.2. The first-order valence-corrected chi connectivity index (χ1v) is 15.3. The van der Waals surface area contributed by atoms with Crippen molar-refractivity contribution in [3.05, 3.63) is 65.2 Å². The molecule has 2 aromatic rings. The number of benzene rings is 2. The van der Waals surface area contributed by atoms with Gasteiger partial charge in [0.05, 0.1) is 6.10 Å². The van der Waals surface area contributed by atoms with E-state index in [4.69, 9.17) is 4.43 Å². The fourth-order valence-corrected chi connectivity index (χ4v) is 5.74. The highest BCUT2D eigenvalue weighted by atomic mass is 28.3. The van der Waals surface area contributed by atoms with E-state index >= 15 is 0 Å². The van der Waals surface area contributed by atoms with Crippen LogP contribution in [0.15, 0.2) is 48.5 Å². The molecule has 2 atom stereocenters. The van der Waals surface area contributed by atoms with Crippen LogP contribution in [0.2, 0.25) is 13.1 Å². The van der Waals surface area contributed by atoms with E-state index < -0.39 is 9.04 Å². The third-order valence-corrected chi connectivity index (χ3v) is 7.15. The zero-order valence-electron chi connectivity index (χ0n) is 21.3. The molecule has 0 spiro atoms. The first-order chi connectivity index (χ1) is 15.3. The van der Waals surface area contributed by atoms with Crippen molar-refractivity contribution in [3.8, 4) is 5.75 Å². The van der Waals surface area contributed by atoms with Crippen LogP contribution in [0, 0.1) is 0 Å². The third kappa shape index (κ3) is 7.46. The maximum absolute atomic E-state index is 11.2. The van der Waals surface area contributed by atoms with Gasteiger partial charge >= 0.3 is 0 Å². The molecule has 3 nitrogen and oxygen atoms in total. The Kier molecular flexibility index (Phi) is 11.0. The minimum Gasteiger partial charge on any atom is -0.508 e. The highest BCUT2D eigenvalue weighted by molar-refractivity contribution is 6.48. The predicted molar refractivity (Wildman–Crippen MR) is 140 cm³/mol. The molecule has 0 bridgehead atoms. The second-order valence-corrected chi connectivity index (χ2v) is 12.1. The van der Waals surface area contributed by atoms with Crippen molar-refractivity contribution in [3.63, 3.8) is 0 Å². The second kappa shape index (κ2) is 13.2. The number of hydrogen-bond donors (Lipinski definition) is 1. The molecule has 178 valence electrons. The summed E-state index contributed by atoms with van der Waals surface area (Å²) in [7, 11) is -1.23. The zero-order valence-corrected chi connectivity index (χ0v) is 22.5. The van der Waals surface area contributed by atoms with Gasteiger partial charge in [-0.1, -0.05) is 62.2 Å². The van der Waals surface area contributed by atoms with Crippen LogP contribution in [0.3, 0.4) is 0 Å². The summed E-state index contributed by atoms with van der Waals surface area (Å²) >= 11 is 0. The topological polar surface area (TPSA) is 32.7 Å². The molecule has 0 saturated heterocycles. The smallest absolute Gasteiger partial charge is 0.171 e. The van der Waals surface area contributed by atoms with Gasteiger partial charge in [0.15, 0.2) is 9.04 Å². The molecule has 0 aromatic heterocycles. The quantitative estimate of drug-likeness (QED) is 0.322. The largest absolute Gasteiger partial charge is 0.508 e. The van der Waals surface area contributed by atoms with Crippen LogP contribution in [0.5, 0.6) is 5.75 Å². The lowest BCUT2D eigenvalue weighted by Crippen LogP contribution is -2.38. The van der Waals surface area contributed by atoms with Gasteiger partial charge in [-0.05, 0) is 77.4 Å². The molecule has 2 unspecified atom stereocenters. The minimum atomic E-state index is -1.23. The van der Waals surface area contributed by atoms with E-state index in [0.29, 0.717) is 17.8 Å². The predicted octanol–water partition coefficient (Wildman–Crippen LogP) is 7.26. The summed E-state index contributed by atoms with van der Waals surface area (Å²) in [6.07, 6.45) is 4.30. The lowest BCUT2D eigenvalue weighted by atomic mass is 9.82. The van der Waals surface area contributed by atoms with Crippen LogP contribution < -0.4 is 0 Å². The maximum Gasteiger partial charge on any atom is 0.171 e. The first-order valence-electron chi connectivity index (χ1n) is 12.5. The second-order valence-electron chi connectivity index (χ2n) is 9.77. The highest BCUT2D eigenvalue weighted by Crippen LogP contribution is 2.41. The molecule has 0 radical (unpaired) electrons. The Morgan fingerprint density at radius 2 is 1.56 bits per heavy atom. The van der Waals surface area contributed by atoms with Crippen molar-refractivity contribution in [2.24, 2.45) is 0 Å².